The number of halogens is 1. The molecule has 3 rings (SSSR count). The summed E-state index contributed by atoms with van der Waals surface area (Å²) in [5.74, 6) is -0.361. The predicted molar refractivity (Wildman–Crippen MR) is 110 cm³/mol. The highest BCUT2D eigenvalue weighted by atomic mass is 35.5. The quantitative estimate of drug-likeness (QED) is 0.396. The van der Waals surface area contributed by atoms with Crippen molar-refractivity contribution in [1.29, 1.82) is 0 Å². The van der Waals surface area contributed by atoms with Crippen LogP contribution < -0.4 is 15.4 Å². The molecule has 156 valence electrons. The van der Waals surface area contributed by atoms with Crippen LogP contribution in [-0.2, 0) is 9.53 Å². The number of allylic oxidation sites excluding steroid dienone is 1. The summed E-state index contributed by atoms with van der Waals surface area (Å²) in [7, 11) is 1.42. The van der Waals surface area contributed by atoms with E-state index in [9.17, 15) is 19.8 Å². The van der Waals surface area contributed by atoms with E-state index in [1.807, 2.05) is 0 Å². The van der Waals surface area contributed by atoms with Crippen molar-refractivity contribution in [2.45, 2.75) is 6.04 Å². The fourth-order valence-electron chi connectivity index (χ4n) is 2.94. The second-order valence-corrected chi connectivity index (χ2v) is 6.66. The molecule has 0 fully saturated rings. The predicted octanol–water partition coefficient (Wildman–Crippen LogP) is 2.87. The molecule has 0 saturated heterocycles. The van der Waals surface area contributed by atoms with Crippen LogP contribution in [0.15, 0.2) is 60.0 Å². The van der Waals surface area contributed by atoms with Crippen molar-refractivity contribution in [3.63, 3.8) is 0 Å². The number of methoxy groups -OCH3 is 1. The van der Waals surface area contributed by atoms with Crippen LogP contribution in [0.3, 0.4) is 0 Å². The summed E-state index contributed by atoms with van der Waals surface area (Å²) in [4.78, 5) is 25.1. The van der Waals surface area contributed by atoms with Crippen LogP contribution in [0.5, 0.6) is 11.5 Å². The number of nitrogens with one attached hydrogen (secondary N) is 2. The lowest BCUT2D eigenvalue weighted by atomic mass is 9.94. The van der Waals surface area contributed by atoms with Crippen molar-refractivity contribution in [1.82, 2.24) is 10.6 Å². The zero-order chi connectivity index (χ0) is 21.7. The molecule has 0 spiro atoms. The van der Waals surface area contributed by atoms with Gasteiger partial charge in [-0.3, -0.25) is 10.1 Å². The number of hydrogen-bond donors (Lipinski definition) is 4. The molecule has 2 amide bonds. The number of urea groups is 1. The van der Waals surface area contributed by atoms with Crippen molar-refractivity contribution >= 4 is 29.5 Å². The number of phenolic OH excluding ortho intramolecular Hbond substituents is 1. The van der Waals surface area contributed by atoms with Gasteiger partial charge in [0.05, 0.1) is 18.7 Å². The standard InChI is InChI=1S/C21H19ClN2O6/c1-29-17-10-12(2-8-15(17)26)3-9-16(27)18-19(13-4-6-14(22)7-5-13)23-21(28)24-20(18)30-11-25/h2-10,19,25-26H,11H2,1H3,(H2,23,24,28)/b9-3+. The number of hydrogen-bond acceptors (Lipinski definition) is 6. The second-order valence-electron chi connectivity index (χ2n) is 6.23. The third-order valence-electron chi connectivity index (χ3n) is 4.34. The molecule has 1 aliphatic rings. The molecular weight excluding hydrogens is 412 g/mol. The Morgan fingerprint density at radius 3 is 2.63 bits per heavy atom. The van der Waals surface area contributed by atoms with Gasteiger partial charge in [-0.15, -0.1) is 0 Å². The second kappa shape index (κ2) is 9.34. The van der Waals surface area contributed by atoms with Gasteiger partial charge in [0.15, 0.2) is 24.1 Å². The number of phenols is 1. The molecular formula is C21H19ClN2O6. The van der Waals surface area contributed by atoms with Crippen LogP contribution >= 0.6 is 11.6 Å². The van der Waals surface area contributed by atoms with Gasteiger partial charge in [0.25, 0.3) is 0 Å². The van der Waals surface area contributed by atoms with Gasteiger partial charge in [-0.05, 0) is 41.5 Å². The normalized spacial score (nSPS) is 16.2. The van der Waals surface area contributed by atoms with Crippen molar-refractivity contribution in [2.24, 2.45) is 0 Å². The van der Waals surface area contributed by atoms with Gasteiger partial charge in [-0.25, -0.2) is 4.79 Å². The molecule has 0 saturated carbocycles. The highest BCUT2D eigenvalue weighted by molar-refractivity contribution is 6.30. The van der Waals surface area contributed by atoms with E-state index in [-0.39, 0.29) is 23.0 Å². The fourth-order valence-corrected chi connectivity index (χ4v) is 3.06. The Bertz CT molecular complexity index is 1020. The zero-order valence-electron chi connectivity index (χ0n) is 15.9. The topological polar surface area (TPSA) is 117 Å². The minimum Gasteiger partial charge on any atom is -0.504 e. The highest BCUT2D eigenvalue weighted by Crippen LogP contribution is 2.30. The van der Waals surface area contributed by atoms with E-state index in [2.05, 4.69) is 10.6 Å². The Hall–Kier alpha value is -3.49. The molecule has 2 aromatic rings. The Morgan fingerprint density at radius 2 is 1.97 bits per heavy atom. The maximum Gasteiger partial charge on any atom is 0.322 e. The number of rotatable bonds is 7. The van der Waals surface area contributed by atoms with E-state index < -0.39 is 24.6 Å². The molecule has 0 aromatic heterocycles. The zero-order valence-corrected chi connectivity index (χ0v) is 16.6. The van der Waals surface area contributed by atoms with E-state index >= 15 is 0 Å². The van der Waals surface area contributed by atoms with Crippen LogP contribution in [0.1, 0.15) is 17.2 Å². The van der Waals surface area contributed by atoms with Gasteiger partial charge in [0.2, 0.25) is 5.88 Å². The van der Waals surface area contributed by atoms with Gasteiger partial charge in [0.1, 0.15) is 0 Å². The van der Waals surface area contributed by atoms with E-state index in [4.69, 9.17) is 21.1 Å². The molecule has 0 radical (unpaired) electrons. The molecule has 30 heavy (non-hydrogen) atoms. The number of ketones is 1. The molecule has 0 aliphatic carbocycles. The Balaban J connectivity index is 1.98. The molecule has 2 aromatic carbocycles. The molecule has 1 unspecified atom stereocenters. The Morgan fingerprint density at radius 1 is 1.23 bits per heavy atom. The van der Waals surface area contributed by atoms with Gasteiger partial charge >= 0.3 is 6.03 Å². The van der Waals surface area contributed by atoms with Gasteiger partial charge < -0.3 is 25.0 Å². The fraction of sp³-hybridized carbons (Fsp3) is 0.143. The largest absolute Gasteiger partial charge is 0.504 e. The minimum absolute atomic E-state index is 0.0238. The summed E-state index contributed by atoms with van der Waals surface area (Å²) in [6.45, 7) is -0.724. The van der Waals surface area contributed by atoms with Crippen LogP contribution in [0.2, 0.25) is 5.02 Å². The first-order valence-corrected chi connectivity index (χ1v) is 9.21. The molecule has 1 aliphatic heterocycles. The lowest BCUT2D eigenvalue weighted by Gasteiger charge is -2.28. The maximum absolute atomic E-state index is 13.0. The minimum atomic E-state index is -0.816. The number of carbonyl (C=O) groups is 2. The summed E-state index contributed by atoms with van der Waals surface area (Å²) in [6, 6.07) is 9.85. The average molecular weight is 431 g/mol. The first kappa shape index (κ1) is 21.2. The third kappa shape index (κ3) is 4.73. The van der Waals surface area contributed by atoms with Crippen molar-refractivity contribution < 1.29 is 29.3 Å². The van der Waals surface area contributed by atoms with Gasteiger partial charge in [-0.2, -0.15) is 0 Å². The summed E-state index contributed by atoms with van der Waals surface area (Å²) < 4.78 is 10.2. The van der Waals surface area contributed by atoms with Crippen molar-refractivity contribution in [3.8, 4) is 11.5 Å². The Kier molecular flexibility index (Phi) is 6.61. The van der Waals surface area contributed by atoms with E-state index in [1.54, 1.807) is 36.4 Å². The molecule has 0 bridgehead atoms. The number of aliphatic hydroxyl groups excluding tert-OH is 1. The molecule has 1 atom stereocenters. The average Bonchev–Trinajstić information content (AvgIpc) is 2.73. The summed E-state index contributed by atoms with van der Waals surface area (Å²) in [5, 5.41) is 24.4. The summed E-state index contributed by atoms with van der Waals surface area (Å²) >= 11 is 5.93. The van der Waals surface area contributed by atoms with E-state index in [0.717, 1.165) is 0 Å². The van der Waals surface area contributed by atoms with Crippen LogP contribution in [0.25, 0.3) is 6.08 Å². The van der Waals surface area contributed by atoms with Crippen LogP contribution in [-0.4, -0.2) is 35.9 Å². The summed E-state index contributed by atoms with van der Waals surface area (Å²) in [5.41, 5.74) is 1.32. The van der Waals surface area contributed by atoms with E-state index in [1.165, 1.54) is 25.3 Å². The number of aliphatic hydroxyl groups is 1. The van der Waals surface area contributed by atoms with Crippen LogP contribution in [0.4, 0.5) is 4.79 Å². The van der Waals surface area contributed by atoms with Gasteiger partial charge in [-0.1, -0.05) is 35.9 Å². The lowest BCUT2D eigenvalue weighted by molar-refractivity contribution is -0.112. The van der Waals surface area contributed by atoms with Gasteiger partial charge in [0, 0.05) is 5.02 Å². The summed E-state index contributed by atoms with van der Waals surface area (Å²) in [6.07, 6.45) is 2.83. The Labute approximate surface area is 177 Å². The number of ether oxygens (including phenoxy) is 2. The third-order valence-corrected chi connectivity index (χ3v) is 4.60. The number of carbonyl (C=O) groups excluding carboxylic acids is 2. The number of amides is 2. The number of aromatic hydroxyl groups is 1. The first-order chi connectivity index (χ1) is 14.4. The molecule has 4 N–H and O–H groups in total. The van der Waals surface area contributed by atoms with Crippen molar-refractivity contribution in [2.75, 3.05) is 13.9 Å². The smallest absolute Gasteiger partial charge is 0.322 e. The highest BCUT2D eigenvalue weighted by Gasteiger charge is 2.33. The number of benzene rings is 2. The molecule has 1 heterocycles. The van der Waals surface area contributed by atoms with Crippen LogP contribution in [0, 0.1) is 0 Å². The van der Waals surface area contributed by atoms with Crippen molar-refractivity contribution in [3.05, 3.63) is 76.1 Å². The molecule has 8 nitrogen and oxygen atoms in total. The lowest BCUT2D eigenvalue weighted by Crippen LogP contribution is -2.46. The maximum atomic E-state index is 13.0. The molecule has 9 heteroatoms. The SMILES string of the molecule is COc1cc(/C=C/C(=O)C2=C(OCO)NC(=O)NC2c2ccc(Cl)cc2)ccc1O. The van der Waals surface area contributed by atoms with E-state index in [0.29, 0.717) is 16.1 Å². The first-order valence-electron chi connectivity index (χ1n) is 8.83. The monoisotopic (exact) mass is 430 g/mol.